The monoisotopic (exact) mass is 369 g/mol. The minimum Gasteiger partial charge on any atom is -0.444 e. The molecule has 0 fully saturated rings. The molecule has 2 N–H and O–H groups in total. The van der Waals surface area contributed by atoms with Crippen LogP contribution in [0.15, 0.2) is 21.2 Å². The molecule has 0 bridgehead atoms. The fraction of sp³-hybridized carbons (Fsp3) is 0.308. The SMILES string of the molecule is O=C(CNC(=O)c1ccc(Br)o1)Nc1nc2c(s1)CCC2. The van der Waals surface area contributed by atoms with Crippen molar-refractivity contribution >= 4 is 44.2 Å². The summed E-state index contributed by atoms with van der Waals surface area (Å²) in [6, 6.07) is 3.15. The molecular weight excluding hydrogens is 358 g/mol. The van der Waals surface area contributed by atoms with Gasteiger partial charge in [0.25, 0.3) is 5.91 Å². The third kappa shape index (κ3) is 3.33. The van der Waals surface area contributed by atoms with E-state index in [9.17, 15) is 9.59 Å². The van der Waals surface area contributed by atoms with E-state index in [1.165, 1.54) is 22.3 Å². The molecule has 0 radical (unpaired) electrons. The number of nitrogens with one attached hydrogen (secondary N) is 2. The molecule has 21 heavy (non-hydrogen) atoms. The normalized spacial score (nSPS) is 13.0. The molecular formula is C13H12BrN3O3S. The van der Waals surface area contributed by atoms with Crippen molar-refractivity contribution in [1.82, 2.24) is 10.3 Å². The number of amides is 2. The van der Waals surface area contributed by atoms with Gasteiger partial charge in [0.05, 0.1) is 12.2 Å². The van der Waals surface area contributed by atoms with E-state index in [4.69, 9.17) is 4.42 Å². The second kappa shape index (κ2) is 5.98. The highest BCUT2D eigenvalue weighted by Crippen LogP contribution is 2.30. The zero-order valence-corrected chi connectivity index (χ0v) is 13.3. The number of aryl methyl sites for hydroxylation is 2. The van der Waals surface area contributed by atoms with Crippen molar-refractivity contribution in [2.24, 2.45) is 0 Å². The summed E-state index contributed by atoms with van der Waals surface area (Å²) < 4.78 is 5.57. The number of halogens is 1. The number of anilines is 1. The molecule has 2 amide bonds. The van der Waals surface area contributed by atoms with Crippen molar-refractivity contribution in [1.29, 1.82) is 0 Å². The lowest BCUT2D eigenvalue weighted by atomic mass is 10.4. The van der Waals surface area contributed by atoms with Gasteiger partial charge in [-0.05, 0) is 47.3 Å². The average molecular weight is 370 g/mol. The standard InChI is InChI=1S/C13H12BrN3O3S/c14-10-5-4-8(20-10)12(19)15-6-11(18)17-13-16-7-2-1-3-9(7)21-13/h4-5H,1-3,6H2,(H,15,19)(H,16,17,18). The van der Waals surface area contributed by atoms with E-state index in [0.29, 0.717) is 9.80 Å². The highest BCUT2D eigenvalue weighted by atomic mass is 79.9. The predicted molar refractivity (Wildman–Crippen MR) is 81.5 cm³/mol. The number of thiazole rings is 1. The third-order valence-electron chi connectivity index (χ3n) is 3.05. The maximum Gasteiger partial charge on any atom is 0.287 e. The summed E-state index contributed by atoms with van der Waals surface area (Å²) in [6.07, 6.45) is 3.15. The van der Waals surface area contributed by atoms with Crippen LogP contribution < -0.4 is 10.6 Å². The molecule has 8 heteroatoms. The molecule has 0 saturated carbocycles. The molecule has 2 heterocycles. The van der Waals surface area contributed by atoms with E-state index in [-0.39, 0.29) is 18.2 Å². The largest absolute Gasteiger partial charge is 0.444 e. The average Bonchev–Trinajstić information content (AvgIpc) is 3.11. The summed E-state index contributed by atoms with van der Waals surface area (Å²) in [6.45, 7) is -0.124. The minimum absolute atomic E-state index is 0.124. The summed E-state index contributed by atoms with van der Waals surface area (Å²) in [5, 5.41) is 5.79. The quantitative estimate of drug-likeness (QED) is 0.866. The van der Waals surface area contributed by atoms with Crippen LogP contribution in [0, 0.1) is 0 Å². The first-order valence-electron chi connectivity index (χ1n) is 6.44. The number of rotatable bonds is 4. The number of nitrogens with zero attached hydrogens (tertiary/aromatic N) is 1. The summed E-state index contributed by atoms with van der Waals surface area (Å²) in [5.74, 6) is -0.582. The van der Waals surface area contributed by atoms with Crippen LogP contribution in [0.25, 0.3) is 0 Å². The fourth-order valence-electron chi connectivity index (χ4n) is 2.09. The molecule has 2 aromatic rings. The second-order valence-corrected chi connectivity index (χ2v) is 6.44. The van der Waals surface area contributed by atoms with Crippen LogP contribution in [0.3, 0.4) is 0 Å². The Morgan fingerprint density at radius 3 is 2.95 bits per heavy atom. The Bertz CT molecular complexity index is 673. The second-order valence-electron chi connectivity index (χ2n) is 4.58. The van der Waals surface area contributed by atoms with E-state index >= 15 is 0 Å². The molecule has 2 aromatic heterocycles. The molecule has 1 aliphatic rings. The maximum atomic E-state index is 11.8. The molecule has 0 aromatic carbocycles. The summed E-state index contributed by atoms with van der Waals surface area (Å²) >= 11 is 4.62. The van der Waals surface area contributed by atoms with Crippen LogP contribution in [0.5, 0.6) is 0 Å². The molecule has 0 saturated heterocycles. The number of aromatic nitrogens is 1. The van der Waals surface area contributed by atoms with Crippen LogP contribution in [-0.4, -0.2) is 23.3 Å². The van der Waals surface area contributed by atoms with Gasteiger partial charge in [-0.1, -0.05) is 0 Å². The van der Waals surface area contributed by atoms with Gasteiger partial charge in [0.2, 0.25) is 5.91 Å². The van der Waals surface area contributed by atoms with Crippen molar-refractivity contribution in [2.75, 3.05) is 11.9 Å². The highest BCUT2D eigenvalue weighted by molar-refractivity contribution is 9.10. The van der Waals surface area contributed by atoms with Crippen LogP contribution in [0.2, 0.25) is 0 Å². The lowest BCUT2D eigenvalue weighted by Crippen LogP contribution is -2.32. The first-order chi connectivity index (χ1) is 10.1. The van der Waals surface area contributed by atoms with Gasteiger partial charge in [-0.2, -0.15) is 0 Å². The number of carbonyl (C=O) groups is 2. The molecule has 3 rings (SSSR count). The van der Waals surface area contributed by atoms with Crippen LogP contribution in [-0.2, 0) is 17.6 Å². The maximum absolute atomic E-state index is 11.8. The van der Waals surface area contributed by atoms with Crippen LogP contribution in [0.4, 0.5) is 5.13 Å². The lowest BCUT2D eigenvalue weighted by molar-refractivity contribution is -0.115. The molecule has 0 spiro atoms. The Kier molecular flexibility index (Phi) is 4.07. The Labute approximate surface area is 133 Å². The van der Waals surface area contributed by atoms with E-state index in [0.717, 1.165) is 25.0 Å². The number of fused-ring (bicyclic) bond motifs is 1. The third-order valence-corrected chi connectivity index (χ3v) is 4.55. The molecule has 110 valence electrons. The van der Waals surface area contributed by atoms with Gasteiger partial charge in [0, 0.05) is 4.88 Å². The number of carbonyl (C=O) groups excluding carboxylic acids is 2. The van der Waals surface area contributed by atoms with Gasteiger partial charge in [-0.3, -0.25) is 9.59 Å². The lowest BCUT2D eigenvalue weighted by Gasteiger charge is -2.03. The number of furan rings is 1. The van der Waals surface area contributed by atoms with Crippen molar-refractivity contribution in [3.63, 3.8) is 0 Å². The fourth-order valence-corrected chi connectivity index (χ4v) is 3.46. The first kappa shape index (κ1) is 14.3. The number of hydrogen-bond donors (Lipinski definition) is 2. The zero-order valence-electron chi connectivity index (χ0n) is 10.9. The van der Waals surface area contributed by atoms with Gasteiger partial charge in [0.1, 0.15) is 0 Å². The Morgan fingerprint density at radius 1 is 1.38 bits per heavy atom. The first-order valence-corrected chi connectivity index (χ1v) is 8.05. The molecule has 1 aliphatic carbocycles. The number of hydrogen-bond acceptors (Lipinski definition) is 5. The van der Waals surface area contributed by atoms with E-state index in [1.807, 2.05) is 0 Å². The van der Waals surface area contributed by atoms with Gasteiger partial charge >= 0.3 is 0 Å². The van der Waals surface area contributed by atoms with E-state index < -0.39 is 5.91 Å². The van der Waals surface area contributed by atoms with Crippen molar-refractivity contribution in [3.8, 4) is 0 Å². The Morgan fingerprint density at radius 2 is 2.24 bits per heavy atom. The highest BCUT2D eigenvalue weighted by Gasteiger charge is 2.18. The van der Waals surface area contributed by atoms with E-state index in [2.05, 4.69) is 31.5 Å². The van der Waals surface area contributed by atoms with Crippen LogP contribution in [0.1, 0.15) is 27.5 Å². The Hall–Kier alpha value is -1.67. The van der Waals surface area contributed by atoms with Crippen LogP contribution >= 0.6 is 27.3 Å². The van der Waals surface area contributed by atoms with Crippen molar-refractivity contribution < 1.29 is 14.0 Å². The van der Waals surface area contributed by atoms with Gasteiger partial charge < -0.3 is 15.1 Å². The summed E-state index contributed by atoms with van der Waals surface area (Å²) in [7, 11) is 0. The minimum atomic E-state index is -0.433. The van der Waals surface area contributed by atoms with Gasteiger partial charge in [-0.25, -0.2) is 4.98 Å². The topological polar surface area (TPSA) is 84.2 Å². The molecule has 0 aliphatic heterocycles. The predicted octanol–water partition coefficient (Wildman–Crippen LogP) is 2.36. The van der Waals surface area contributed by atoms with Gasteiger partial charge in [0.15, 0.2) is 15.6 Å². The van der Waals surface area contributed by atoms with Crippen molar-refractivity contribution in [3.05, 3.63) is 33.1 Å². The summed E-state index contributed by atoms with van der Waals surface area (Å²) in [5.41, 5.74) is 1.08. The summed E-state index contributed by atoms with van der Waals surface area (Å²) in [4.78, 5) is 29.1. The smallest absolute Gasteiger partial charge is 0.287 e. The Balaban J connectivity index is 1.51. The molecule has 0 atom stereocenters. The molecule has 0 unspecified atom stereocenters. The molecule has 6 nitrogen and oxygen atoms in total. The van der Waals surface area contributed by atoms with Crippen molar-refractivity contribution in [2.45, 2.75) is 19.3 Å². The van der Waals surface area contributed by atoms with E-state index in [1.54, 1.807) is 6.07 Å². The zero-order chi connectivity index (χ0) is 14.8. The van der Waals surface area contributed by atoms with Gasteiger partial charge in [-0.15, -0.1) is 11.3 Å².